The van der Waals surface area contributed by atoms with Crippen LogP contribution < -0.4 is 5.43 Å². The van der Waals surface area contributed by atoms with Gasteiger partial charge in [0.2, 0.25) is 0 Å². The Morgan fingerprint density at radius 3 is 3.18 bits per heavy atom. The van der Waals surface area contributed by atoms with Gasteiger partial charge in [0.25, 0.3) is 5.91 Å². The summed E-state index contributed by atoms with van der Waals surface area (Å²) in [4.78, 5) is 28.3. The third kappa shape index (κ3) is 2.72. The lowest BCUT2D eigenvalue weighted by Crippen LogP contribution is -2.43. The zero-order chi connectivity index (χ0) is 12.3. The summed E-state index contributed by atoms with van der Waals surface area (Å²) in [7, 11) is 0. The molecule has 17 heavy (non-hydrogen) atoms. The van der Waals surface area contributed by atoms with Gasteiger partial charge in [-0.25, -0.2) is 0 Å². The highest BCUT2D eigenvalue weighted by Crippen LogP contribution is 2.21. The highest BCUT2D eigenvalue weighted by atomic mass is 32.2. The molecule has 1 amide bonds. The van der Waals surface area contributed by atoms with Gasteiger partial charge < -0.3 is 9.88 Å². The van der Waals surface area contributed by atoms with Crippen LogP contribution in [0.4, 0.5) is 0 Å². The van der Waals surface area contributed by atoms with Gasteiger partial charge in [-0.05, 0) is 6.42 Å². The number of hydrogen-bond acceptors (Lipinski definition) is 3. The van der Waals surface area contributed by atoms with Crippen molar-refractivity contribution in [2.24, 2.45) is 0 Å². The third-order valence-corrected chi connectivity index (χ3v) is 4.31. The van der Waals surface area contributed by atoms with Gasteiger partial charge in [-0.1, -0.05) is 6.92 Å². The second kappa shape index (κ2) is 5.40. The Morgan fingerprint density at radius 2 is 2.47 bits per heavy atom. The van der Waals surface area contributed by atoms with E-state index in [4.69, 9.17) is 0 Å². The first-order chi connectivity index (χ1) is 8.22. The van der Waals surface area contributed by atoms with E-state index < -0.39 is 0 Å². The van der Waals surface area contributed by atoms with Crippen molar-refractivity contribution in [1.82, 2.24) is 9.88 Å². The number of thioether (sulfide) groups is 1. The van der Waals surface area contributed by atoms with E-state index in [1.165, 1.54) is 12.3 Å². The summed E-state index contributed by atoms with van der Waals surface area (Å²) < 4.78 is 0. The maximum atomic E-state index is 12.2. The number of hydrogen-bond donors (Lipinski definition) is 1. The summed E-state index contributed by atoms with van der Waals surface area (Å²) in [6, 6.07) is 1.39. The molecule has 1 atom stereocenters. The Hall–Kier alpha value is -1.23. The summed E-state index contributed by atoms with van der Waals surface area (Å²) in [6.45, 7) is 3.60. The second-order valence-electron chi connectivity index (χ2n) is 4.07. The van der Waals surface area contributed by atoms with Gasteiger partial charge in [-0.15, -0.1) is 0 Å². The van der Waals surface area contributed by atoms with Crippen LogP contribution in [-0.4, -0.2) is 39.9 Å². The Kier molecular flexibility index (Phi) is 3.89. The standard InChI is InChI=1S/C12H16N2O2S/c1-2-9-8-14(5-6-17-9)12(16)10-7-13-4-3-11(10)15/h3-4,7,9H,2,5-6,8H2,1H3,(H,13,15). The topological polar surface area (TPSA) is 53.2 Å². The minimum absolute atomic E-state index is 0.148. The second-order valence-corrected chi connectivity index (χ2v) is 5.48. The fourth-order valence-electron chi connectivity index (χ4n) is 1.90. The van der Waals surface area contributed by atoms with Gasteiger partial charge in [-0.3, -0.25) is 9.59 Å². The zero-order valence-electron chi connectivity index (χ0n) is 9.81. The molecule has 0 aliphatic carbocycles. The molecule has 4 nitrogen and oxygen atoms in total. The van der Waals surface area contributed by atoms with Gasteiger partial charge in [0, 0.05) is 42.6 Å². The number of rotatable bonds is 2. The lowest BCUT2D eigenvalue weighted by atomic mass is 10.2. The Labute approximate surface area is 104 Å². The molecule has 1 N–H and O–H groups in total. The van der Waals surface area contributed by atoms with Crippen LogP contribution in [0.15, 0.2) is 23.3 Å². The lowest BCUT2D eigenvalue weighted by molar-refractivity contribution is 0.0759. The number of carbonyl (C=O) groups excluding carboxylic acids is 1. The predicted molar refractivity (Wildman–Crippen MR) is 69.5 cm³/mol. The van der Waals surface area contributed by atoms with Gasteiger partial charge in [0.05, 0.1) is 0 Å². The van der Waals surface area contributed by atoms with Gasteiger partial charge in [-0.2, -0.15) is 11.8 Å². The molecule has 1 aromatic heterocycles. The van der Waals surface area contributed by atoms with E-state index in [-0.39, 0.29) is 16.9 Å². The van der Waals surface area contributed by atoms with Crippen LogP contribution >= 0.6 is 11.8 Å². The molecule has 2 rings (SSSR count). The van der Waals surface area contributed by atoms with E-state index in [1.807, 2.05) is 11.8 Å². The number of aromatic amines is 1. The molecule has 1 aromatic rings. The average Bonchev–Trinajstić information content (AvgIpc) is 2.38. The number of carbonyl (C=O) groups is 1. The van der Waals surface area contributed by atoms with Crippen LogP contribution in [0.5, 0.6) is 0 Å². The molecular formula is C12H16N2O2S. The van der Waals surface area contributed by atoms with Crippen LogP contribution in [0.2, 0.25) is 0 Å². The van der Waals surface area contributed by atoms with Crippen LogP contribution in [0, 0.1) is 0 Å². The molecule has 0 radical (unpaired) electrons. The van der Waals surface area contributed by atoms with Crippen molar-refractivity contribution < 1.29 is 4.79 Å². The molecule has 2 heterocycles. The molecule has 0 saturated carbocycles. The van der Waals surface area contributed by atoms with Crippen LogP contribution in [0.3, 0.4) is 0 Å². The highest BCUT2D eigenvalue weighted by Gasteiger charge is 2.24. The molecule has 0 spiro atoms. The smallest absolute Gasteiger partial charge is 0.259 e. The van der Waals surface area contributed by atoms with E-state index in [0.29, 0.717) is 5.25 Å². The summed E-state index contributed by atoms with van der Waals surface area (Å²) in [5.41, 5.74) is 0.0364. The largest absolute Gasteiger partial charge is 0.367 e. The zero-order valence-corrected chi connectivity index (χ0v) is 10.6. The summed E-state index contributed by atoms with van der Waals surface area (Å²) in [5.74, 6) is 0.806. The number of nitrogens with one attached hydrogen (secondary N) is 1. The van der Waals surface area contributed by atoms with Crippen molar-refractivity contribution in [2.75, 3.05) is 18.8 Å². The van der Waals surface area contributed by atoms with Crippen molar-refractivity contribution in [3.8, 4) is 0 Å². The fourth-order valence-corrected chi connectivity index (χ4v) is 3.08. The van der Waals surface area contributed by atoms with E-state index in [2.05, 4.69) is 11.9 Å². The first kappa shape index (κ1) is 12.2. The average molecular weight is 252 g/mol. The molecule has 5 heteroatoms. The quantitative estimate of drug-likeness (QED) is 0.864. The lowest BCUT2D eigenvalue weighted by Gasteiger charge is -2.31. The Balaban J connectivity index is 2.15. The molecular weight excluding hydrogens is 236 g/mol. The van der Waals surface area contributed by atoms with Crippen LogP contribution in [0.1, 0.15) is 23.7 Å². The number of H-pyrrole nitrogens is 1. The molecule has 1 unspecified atom stereocenters. The van der Waals surface area contributed by atoms with Crippen molar-refractivity contribution in [3.05, 3.63) is 34.2 Å². The molecule has 1 fully saturated rings. The number of aromatic nitrogens is 1. The number of pyridine rings is 1. The van der Waals surface area contributed by atoms with Crippen LogP contribution in [0.25, 0.3) is 0 Å². The Morgan fingerprint density at radius 1 is 1.65 bits per heavy atom. The third-order valence-electron chi connectivity index (χ3n) is 2.94. The van der Waals surface area contributed by atoms with Crippen molar-refractivity contribution in [1.29, 1.82) is 0 Å². The molecule has 0 bridgehead atoms. The molecule has 1 saturated heterocycles. The summed E-state index contributed by atoms with van der Waals surface area (Å²) >= 11 is 1.90. The minimum Gasteiger partial charge on any atom is -0.367 e. The molecule has 1 aliphatic heterocycles. The summed E-state index contributed by atoms with van der Waals surface area (Å²) in [5, 5.41) is 0.496. The van der Waals surface area contributed by atoms with Crippen molar-refractivity contribution >= 4 is 17.7 Å². The first-order valence-electron chi connectivity index (χ1n) is 5.80. The maximum Gasteiger partial charge on any atom is 0.259 e. The van der Waals surface area contributed by atoms with Crippen molar-refractivity contribution in [3.63, 3.8) is 0 Å². The first-order valence-corrected chi connectivity index (χ1v) is 6.85. The van der Waals surface area contributed by atoms with E-state index in [9.17, 15) is 9.59 Å². The van der Waals surface area contributed by atoms with E-state index >= 15 is 0 Å². The van der Waals surface area contributed by atoms with Gasteiger partial charge in [0.1, 0.15) is 5.56 Å². The van der Waals surface area contributed by atoms with Crippen LogP contribution in [-0.2, 0) is 0 Å². The predicted octanol–water partition coefficient (Wildman–Crippen LogP) is 1.34. The molecule has 1 aliphatic rings. The fraction of sp³-hybridized carbons (Fsp3) is 0.500. The maximum absolute atomic E-state index is 12.2. The summed E-state index contributed by atoms with van der Waals surface area (Å²) in [6.07, 6.45) is 4.09. The Bertz CT molecular complexity index is 458. The van der Waals surface area contributed by atoms with Gasteiger partial charge in [0.15, 0.2) is 5.43 Å². The minimum atomic E-state index is -0.208. The molecule has 92 valence electrons. The number of nitrogens with zero attached hydrogens (tertiary/aromatic N) is 1. The SMILES string of the molecule is CCC1CN(C(=O)c2c[nH]ccc2=O)CCS1. The monoisotopic (exact) mass is 252 g/mol. The van der Waals surface area contributed by atoms with E-state index in [0.717, 1.165) is 25.3 Å². The number of amides is 1. The van der Waals surface area contributed by atoms with Crippen molar-refractivity contribution in [2.45, 2.75) is 18.6 Å². The molecule has 0 aromatic carbocycles. The highest BCUT2D eigenvalue weighted by molar-refractivity contribution is 8.00. The van der Waals surface area contributed by atoms with Gasteiger partial charge >= 0.3 is 0 Å². The normalized spacial score (nSPS) is 20.3. The van der Waals surface area contributed by atoms with E-state index in [1.54, 1.807) is 11.1 Å².